The van der Waals surface area contributed by atoms with Gasteiger partial charge >= 0.3 is 5.97 Å². The summed E-state index contributed by atoms with van der Waals surface area (Å²) < 4.78 is 4.74. The fourth-order valence-corrected chi connectivity index (χ4v) is 5.67. The maximum Gasteiger partial charge on any atom is 0.337 e. The zero-order valence-corrected chi connectivity index (χ0v) is 19.1. The molecule has 0 saturated heterocycles. The Labute approximate surface area is 191 Å². The van der Waals surface area contributed by atoms with Gasteiger partial charge in [-0.3, -0.25) is 0 Å². The van der Waals surface area contributed by atoms with Gasteiger partial charge in [0, 0.05) is 16.7 Å². The van der Waals surface area contributed by atoms with Gasteiger partial charge in [-0.1, -0.05) is 36.8 Å². The molecule has 0 heterocycles. The zero-order valence-electron chi connectivity index (χ0n) is 18.4. The molecule has 1 unspecified atom stereocenters. The highest BCUT2D eigenvalue weighted by Gasteiger charge is 2.42. The molecule has 0 bridgehead atoms. The largest absolute Gasteiger partial charge is 0.465 e. The second-order valence-electron chi connectivity index (χ2n) is 9.18. The van der Waals surface area contributed by atoms with Crippen LogP contribution in [-0.4, -0.2) is 40.9 Å². The Hall–Kier alpha value is -1.62. The second-order valence-corrected chi connectivity index (χ2v) is 9.74. The topological polar surface area (TPSA) is 66.8 Å². The Balaban J connectivity index is 1.57. The van der Waals surface area contributed by atoms with Gasteiger partial charge in [-0.15, -0.1) is 18.2 Å². The number of aryl methyl sites for hydroxylation is 1. The minimum atomic E-state index is -0.451. The Bertz CT molecular complexity index is 768. The molecule has 0 amide bonds. The molecular weight excluding hydrogens is 412 g/mol. The summed E-state index contributed by atoms with van der Waals surface area (Å²) in [7, 11) is 1.38. The molecule has 1 aromatic rings. The molecule has 2 fully saturated rings. The third-order valence-electron chi connectivity index (χ3n) is 7.34. The van der Waals surface area contributed by atoms with Crippen LogP contribution < -0.4 is 0 Å². The molecule has 0 radical (unpaired) electrons. The van der Waals surface area contributed by atoms with Crippen molar-refractivity contribution in [1.82, 2.24) is 0 Å². The molecule has 2 aliphatic rings. The molecule has 1 aromatic carbocycles. The average molecular weight is 447 g/mol. The average Bonchev–Trinajstić information content (AvgIpc) is 3.01. The van der Waals surface area contributed by atoms with Crippen LogP contribution in [-0.2, 0) is 11.2 Å². The molecule has 2 aliphatic carbocycles. The van der Waals surface area contributed by atoms with Crippen molar-refractivity contribution in [2.45, 2.75) is 69.0 Å². The quantitative estimate of drug-likeness (QED) is 0.299. The molecule has 5 atom stereocenters. The number of aliphatic hydroxyl groups is 2. The van der Waals surface area contributed by atoms with Crippen LogP contribution in [0.15, 0.2) is 49.1 Å². The third-order valence-corrected chi connectivity index (χ3v) is 7.84. The Morgan fingerprint density at radius 2 is 2.06 bits per heavy atom. The molecule has 3 rings (SSSR count). The molecule has 5 heteroatoms. The van der Waals surface area contributed by atoms with Crippen molar-refractivity contribution in [2.75, 3.05) is 7.11 Å². The summed E-state index contributed by atoms with van der Waals surface area (Å²) in [6.07, 6.45) is 12.2. The summed E-state index contributed by atoms with van der Waals surface area (Å²) in [4.78, 5) is 11.6. The van der Waals surface area contributed by atoms with E-state index in [-0.39, 0.29) is 34.7 Å². The number of aliphatic hydroxyl groups excluding tert-OH is 2. The first kappa shape index (κ1) is 24.0. The van der Waals surface area contributed by atoms with Crippen molar-refractivity contribution in [1.29, 1.82) is 0 Å². The van der Waals surface area contributed by atoms with E-state index < -0.39 is 6.10 Å². The smallest absolute Gasteiger partial charge is 0.337 e. The third kappa shape index (κ3) is 5.60. The maximum atomic E-state index is 11.6. The molecule has 2 saturated carbocycles. The van der Waals surface area contributed by atoms with Crippen LogP contribution in [0.1, 0.15) is 60.9 Å². The molecule has 0 aromatic heterocycles. The summed E-state index contributed by atoms with van der Waals surface area (Å²) >= 11 is 6.59. The molecule has 0 aliphatic heterocycles. The van der Waals surface area contributed by atoms with E-state index in [1.807, 2.05) is 24.3 Å². The van der Waals surface area contributed by atoms with Crippen LogP contribution in [0.5, 0.6) is 0 Å². The number of hydrogen-bond donors (Lipinski definition) is 2. The number of rotatable bonds is 10. The number of halogens is 1. The molecule has 0 spiro atoms. The molecule has 170 valence electrons. The fourth-order valence-electron chi connectivity index (χ4n) is 5.20. The van der Waals surface area contributed by atoms with E-state index >= 15 is 0 Å². The number of benzene rings is 1. The normalized spacial score (nSPS) is 28.3. The van der Waals surface area contributed by atoms with Crippen LogP contribution in [0.25, 0.3) is 0 Å². The van der Waals surface area contributed by atoms with Gasteiger partial charge in [-0.05, 0) is 68.6 Å². The highest BCUT2D eigenvalue weighted by Crippen LogP contribution is 2.48. The van der Waals surface area contributed by atoms with Crippen molar-refractivity contribution in [3.05, 3.63) is 60.2 Å². The lowest BCUT2D eigenvalue weighted by Crippen LogP contribution is -2.40. The van der Waals surface area contributed by atoms with E-state index in [2.05, 4.69) is 12.7 Å². The first-order valence-electron chi connectivity index (χ1n) is 11.3. The van der Waals surface area contributed by atoms with Crippen molar-refractivity contribution >= 4 is 17.6 Å². The lowest BCUT2D eigenvalue weighted by molar-refractivity contribution is -0.0304. The van der Waals surface area contributed by atoms with Gasteiger partial charge in [0.1, 0.15) is 0 Å². The van der Waals surface area contributed by atoms with Crippen LogP contribution >= 0.6 is 11.6 Å². The molecule has 4 nitrogen and oxygen atoms in total. The molecule has 31 heavy (non-hydrogen) atoms. The lowest BCUT2D eigenvalue weighted by Gasteiger charge is -2.45. The number of allylic oxidation sites excluding steroid dienone is 1. The van der Waals surface area contributed by atoms with Crippen molar-refractivity contribution in [2.24, 2.45) is 17.3 Å². The summed E-state index contributed by atoms with van der Waals surface area (Å²) in [5.74, 6) is -0.160. The number of esters is 1. The van der Waals surface area contributed by atoms with Gasteiger partial charge in [0.15, 0.2) is 0 Å². The van der Waals surface area contributed by atoms with E-state index in [0.717, 1.165) is 37.7 Å². The van der Waals surface area contributed by atoms with Gasteiger partial charge in [-0.2, -0.15) is 0 Å². The fraction of sp³-hybridized carbons (Fsp3) is 0.577. The number of carbonyl (C=O) groups excluding carboxylic acids is 1. The van der Waals surface area contributed by atoms with Gasteiger partial charge in [-0.25, -0.2) is 4.79 Å². The predicted molar refractivity (Wildman–Crippen MR) is 124 cm³/mol. The number of ether oxygens (including phenoxy) is 1. The van der Waals surface area contributed by atoms with Gasteiger partial charge in [0.05, 0.1) is 24.9 Å². The van der Waals surface area contributed by atoms with E-state index in [9.17, 15) is 15.0 Å². The summed E-state index contributed by atoms with van der Waals surface area (Å²) in [6.45, 7) is 3.84. The van der Waals surface area contributed by atoms with Crippen LogP contribution in [0.2, 0.25) is 0 Å². The lowest BCUT2D eigenvalue weighted by atomic mass is 9.62. The number of hydrogen-bond acceptors (Lipinski definition) is 4. The first-order valence-corrected chi connectivity index (χ1v) is 11.8. The maximum absolute atomic E-state index is 11.6. The Morgan fingerprint density at radius 3 is 2.65 bits per heavy atom. The van der Waals surface area contributed by atoms with Gasteiger partial charge < -0.3 is 14.9 Å². The summed E-state index contributed by atoms with van der Waals surface area (Å²) in [6, 6.07) is 7.45. The highest BCUT2D eigenvalue weighted by molar-refractivity contribution is 6.21. The van der Waals surface area contributed by atoms with Crippen molar-refractivity contribution < 1.29 is 19.7 Å². The van der Waals surface area contributed by atoms with E-state index in [1.54, 1.807) is 12.1 Å². The Morgan fingerprint density at radius 1 is 1.35 bits per heavy atom. The van der Waals surface area contributed by atoms with Gasteiger partial charge in [0.2, 0.25) is 0 Å². The minimum Gasteiger partial charge on any atom is -0.465 e. The second kappa shape index (κ2) is 10.8. The van der Waals surface area contributed by atoms with Crippen LogP contribution in [0, 0.1) is 17.3 Å². The van der Waals surface area contributed by atoms with Crippen molar-refractivity contribution in [3.8, 4) is 0 Å². The van der Waals surface area contributed by atoms with Crippen LogP contribution in [0.4, 0.5) is 0 Å². The standard InChI is InChI=1S/C26H35ClO4/c1-3-14-26(15-5-16-26)24(29)7-4-6-21-20(22(27)17-23(21)28)13-10-18-8-11-19(12-9-18)25(30)31-2/h3-4,6,8-9,11-12,20-24,28-29H,1,5,7,10,13-17H2,2H3/b6-4+/t20-,21-,22-,23-,24?/m1/s1. The van der Waals surface area contributed by atoms with E-state index in [0.29, 0.717) is 18.4 Å². The number of alkyl halides is 1. The summed E-state index contributed by atoms with van der Waals surface area (Å²) in [5.41, 5.74) is 1.66. The van der Waals surface area contributed by atoms with E-state index in [1.165, 1.54) is 13.5 Å². The van der Waals surface area contributed by atoms with Crippen LogP contribution in [0.3, 0.4) is 0 Å². The summed E-state index contributed by atoms with van der Waals surface area (Å²) in [5, 5.41) is 21.2. The van der Waals surface area contributed by atoms with Crippen molar-refractivity contribution in [3.63, 3.8) is 0 Å². The number of methoxy groups -OCH3 is 1. The predicted octanol–water partition coefficient (Wildman–Crippen LogP) is 5.06. The SMILES string of the molecule is C=CCC1(C(O)C/C=C/[C@@H]2[C@@H](CCc3ccc(C(=O)OC)cc3)[C@H](Cl)C[C@H]2O)CCC1. The monoisotopic (exact) mass is 446 g/mol. The molecular formula is C26H35ClO4. The zero-order chi connectivity index (χ0) is 22.4. The number of carbonyl (C=O) groups is 1. The minimum absolute atomic E-state index is 0.000729. The first-order chi connectivity index (χ1) is 14.9. The Kier molecular flexibility index (Phi) is 8.37. The highest BCUT2D eigenvalue weighted by atomic mass is 35.5. The van der Waals surface area contributed by atoms with Gasteiger partial charge in [0.25, 0.3) is 0 Å². The molecule has 2 N–H and O–H groups in total. The van der Waals surface area contributed by atoms with E-state index in [4.69, 9.17) is 16.3 Å².